The minimum Gasteiger partial charge on any atom is -0.343 e. The molecule has 0 aromatic heterocycles. The van der Waals surface area contributed by atoms with Gasteiger partial charge in [0.25, 0.3) is 0 Å². The van der Waals surface area contributed by atoms with E-state index in [1.54, 1.807) is 18.9 Å². The zero-order valence-electron chi connectivity index (χ0n) is 21.0. The molecule has 3 N–H and O–H groups in total. The average Bonchev–Trinajstić information content (AvgIpc) is 3.31. The molecule has 2 aromatic carbocycles. The van der Waals surface area contributed by atoms with Gasteiger partial charge in [-0.15, -0.1) is 12.4 Å². The maximum absolute atomic E-state index is 13.7. The van der Waals surface area contributed by atoms with Crippen molar-refractivity contribution in [3.8, 4) is 0 Å². The Balaban J connectivity index is 0.00000361. The van der Waals surface area contributed by atoms with Gasteiger partial charge in [-0.1, -0.05) is 73.5 Å². The number of nitrogens with zero attached hydrogens (tertiary/aromatic N) is 1. The molecule has 36 heavy (non-hydrogen) atoms. The highest BCUT2D eigenvalue weighted by molar-refractivity contribution is 5.94. The summed E-state index contributed by atoms with van der Waals surface area (Å²) in [4.78, 5) is 41.7. The normalized spacial score (nSPS) is 22.6. The molecule has 7 nitrogen and oxygen atoms in total. The lowest BCUT2D eigenvalue weighted by molar-refractivity contribution is -0.144. The first-order chi connectivity index (χ1) is 17.0. The fraction of sp³-hybridized carbons (Fsp3) is 0.464. The number of hydrogen-bond donors (Lipinski definition) is 3. The van der Waals surface area contributed by atoms with Crippen molar-refractivity contribution in [3.63, 3.8) is 0 Å². The van der Waals surface area contributed by atoms with Gasteiger partial charge in [-0.05, 0) is 50.8 Å². The van der Waals surface area contributed by atoms with Gasteiger partial charge in [-0.3, -0.25) is 14.4 Å². The first kappa shape index (κ1) is 27.7. The number of carbonyl (C=O) groups is 3. The fourth-order valence-electron chi connectivity index (χ4n) is 5.24. The molecule has 3 amide bonds. The van der Waals surface area contributed by atoms with Gasteiger partial charge in [-0.25, -0.2) is 0 Å². The fourth-order valence-corrected chi connectivity index (χ4v) is 5.24. The molecule has 0 aliphatic carbocycles. The summed E-state index contributed by atoms with van der Waals surface area (Å²) >= 11 is 0. The van der Waals surface area contributed by atoms with E-state index in [2.05, 4.69) is 16.0 Å². The molecular formula is C28H37ClN4O3. The van der Waals surface area contributed by atoms with Gasteiger partial charge in [-0.2, -0.15) is 0 Å². The largest absolute Gasteiger partial charge is 0.343 e. The lowest BCUT2D eigenvalue weighted by Gasteiger charge is -2.36. The van der Waals surface area contributed by atoms with Crippen LogP contribution in [0.15, 0.2) is 60.7 Å². The maximum atomic E-state index is 13.7. The molecule has 194 valence electrons. The van der Waals surface area contributed by atoms with Crippen molar-refractivity contribution in [1.29, 1.82) is 0 Å². The molecular weight excluding hydrogens is 476 g/mol. The average molecular weight is 513 g/mol. The number of halogens is 1. The number of nitrogens with one attached hydrogen (secondary N) is 3. The topological polar surface area (TPSA) is 90.5 Å². The van der Waals surface area contributed by atoms with Crippen LogP contribution in [0.5, 0.6) is 0 Å². The molecule has 0 spiro atoms. The molecule has 0 radical (unpaired) electrons. The third-order valence-electron chi connectivity index (χ3n) is 7.33. The van der Waals surface area contributed by atoms with Crippen molar-refractivity contribution in [2.24, 2.45) is 0 Å². The Morgan fingerprint density at radius 1 is 0.889 bits per heavy atom. The van der Waals surface area contributed by atoms with E-state index in [0.717, 1.165) is 36.8 Å². The Morgan fingerprint density at radius 2 is 1.47 bits per heavy atom. The molecule has 0 bridgehead atoms. The minimum atomic E-state index is -0.603. The molecule has 0 saturated carbocycles. The van der Waals surface area contributed by atoms with Gasteiger partial charge in [0.1, 0.15) is 12.1 Å². The zero-order valence-corrected chi connectivity index (χ0v) is 21.8. The standard InChI is InChI=1S/C28H36N4O3.ClH/c1-19(29-2)26(33)30-23-16-10-9-15-22-17-18-24(32(22)28(23)35)27(34)31-25(20-11-5-3-6-12-20)21-13-7-4-8-14-21;/h3-8,11-14,19,22-25,29H,9-10,15-18H2,1-2H3,(H,30,33)(H,31,34);1H/t19-,22-,23-,24-;/m0./s1. The summed E-state index contributed by atoms with van der Waals surface area (Å²) in [5, 5.41) is 9.08. The van der Waals surface area contributed by atoms with E-state index in [0.29, 0.717) is 12.8 Å². The van der Waals surface area contributed by atoms with Crippen LogP contribution in [-0.2, 0) is 14.4 Å². The van der Waals surface area contributed by atoms with Crippen LogP contribution >= 0.6 is 12.4 Å². The van der Waals surface area contributed by atoms with E-state index in [1.165, 1.54) is 0 Å². The third kappa shape index (κ3) is 6.26. The van der Waals surface area contributed by atoms with E-state index in [-0.39, 0.29) is 48.3 Å². The van der Waals surface area contributed by atoms with Crippen LogP contribution in [-0.4, -0.2) is 53.8 Å². The van der Waals surface area contributed by atoms with E-state index in [1.807, 2.05) is 60.7 Å². The van der Waals surface area contributed by atoms with Crippen LogP contribution in [0, 0.1) is 0 Å². The number of fused-ring (bicyclic) bond motifs is 1. The predicted molar refractivity (Wildman–Crippen MR) is 143 cm³/mol. The van der Waals surface area contributed by atoms with Gasteiger partial charge in [0.05, 0.1) is 12.1 Å². The molecule has 2 fully saturated rings. The van der Waals surface area contributed by atoms with Crippen LogP contribution in [0.25, 0.3) is 0 Å². The monoisotopic (exact) mass is 512 g/mol. The van der Waals surface area contributed by atoms with E-state index >= 15 is 0 Å². The van der Waals surface area contributed by atoms with Crippen molar-refractivity contribution in [2.75, 3.05) is 7.05 Å². The van der Waals surface area contributed by atoms with Gasteiger partial charge in [0.2, 0.25) is 17.7 Å². The lowest BCUT2D eigenvalue weighted by atomic mass is 9.98. The highest BCUT2D eigenvalue weighted by Gasteiger charge is 2.44. The van der Waals surface area contributed by atoms with Crippen LogP contribution in [0.4, 0.5) is 0 Å². The molecule has 4 atom stereocenters. The summed E-state index contributed by atoms with van der Waals surface area (Å²) in [6.45, 7) is 1.77. The van der Waals surface area contributed by atoms with E-state index in [4.69, 9.17) is 0 Å². The molecule has 2 aromatic rings. The van der Waals surface area contributed by atoms with Gasteiger partial charge in [0.15, 0.2) is 0 Å². The summed E-state index contributed by atoms with van der Waals surface area (Å²) in [5.74, 6) is -0.482. The summed E-state index contributed by atoms with van der Waals surface area (Å²) < 4.78 is 0. The number of amides is 3. The number of carbonyl (C=O) groups excluding carboxylic acids is 3. The Morgan fingerprint density at radius 3 is 2.06 bits per heavy atom. The Hall–Kier alpha value is -2.90. The molecule has 2 saturated heterocycles. The lowest BCUT2D eigenvalue weighted by Crippen LogP contribution is -2.58. The quantitative estimate of drug-likeness (QED) is 0.530. The molecule has 0 unspecified atom stereocenters. The van der Waals surface area contributed by atoms with Crippen molar-refractivity contribution in [1.82, 2.24) is 20.9 Å². The number of hydrogen-bond acceptors (Lipinski definition) is 4. The zero-order chi connectivity index (χ0) is 24.8. The summed E-state index contributed by atoms with van der Waals surface area (Å²) in [5.41, 5.74) is 1.98. The van der Waals surface area contributed by atoms with Crippen molar-refractivity contribution < 1.29 is 14.4 Å². The SMILES string of the molecule is CN[C@@H](C)C(=O)N[C@H]1CCCC[C@H]2CC[C@@H](C(=O)NC(c3ccccc3)c3ccccc3)N2C1=O.Cl. The van der Waals surface area contributed by atoms with E-state index in [9.17, 15) is 14.4 Å². The van der Waals surface area contributed by atoms with Crippen LogP contribution < -0.4 is 16.0 Å². The molecule has 2 aliphatic rings. The minimum absolute atomic E-state index is 0. The van der Waals surface area contributed by atoms with Gasteiger partial charge < -0.3 is 20.9 Å². The second-order valence-corrected chi connectivity index (χ2v) is 9.61. The molecule has 8 heteroatoms. The summed E-state index contributed by atoms with van der Waals surface area (Å²) in [7, 11) is 1.72. The Labute approximate surface area is 219 Å². The number of rotatable bonds is 7. The third-order valence-corrected chi connectivity index (χ3v) is 7.33. The molecule has 4 rings (SSSR count). The van der Waals surface area contributed by atoms with Gasteiger partial charge in [0, 0.05) is 6.04 Å². The molecule has 2 heterocycles. The van der Waals surface area contributed by atoms with Crippen molar-refractivity contribution in [2.45, 2.75) is 75.7 Å². The van der Waals surface area contributed by atoms with Gasteiger partial charge >= 0.3 is 0 Å². The molecule has 2 aliphatic heterocycles. The van der Waals surface area contributed by atoms with Crippen LogP contribution in [0.3, 0.4) is 0 Å². The second-order valence-electron chi connectivity index (χ2n) is 9.61. The Kier molecular flexibility index (Phi) is 9.90. The summed E-state index contributed by atoms with van der Waals surface area (Å²) in [6, 6.07) is 18.0. The highest BCUT2D eigenvalue weighted by Crippen LogP contribution is 2.32. The first-order valence-electron chi connectivity index (χ1n) is 12.7. The van der Waals surface area contributed by atoms with Crippen molar-refractivity contribution in [3.05, 3.63) is 71.8 Å². The van der Waals surface area contributed by atoms with Crippen LogP contribution in [0.1, 0.15) is 62.6 Å². The van der Waals surface area contributed by atoms with E-state index < -0.39 is 12.1 Å². The first-order valence-corrected chi connectivity index (χ1v) is 12.7. The number of benzene rings is 2. The smallest absolute Gasteiger partial charge is 0.246 e. The van der Waals surface area contributed by atoms with Crippen LogP contribution in [0.2, 0.25) is 0 Å². The highest BCUT2D eigenvalue weighted by atomic mass is 35.5. The summed E-state index contributed by atoms with van der Waals surface area (Å²) in [6.07, 6.45) is 4.79. The maximum Gasteiger partial charge on any atom is 0.246 e. The Bertz CT molecular complexity index is 980. The number of likely N-dealkylation sites (N-methyl/N-ethyl adjacent to an activating group) is 1. The van der Waals surface area contributed by atoms with Crippen molar-refractivity contribution >= 4 is 30.1 Å². The predicted octanol–water partition coefficient (Wildman–Crippen LogP) is 3.34. The second kappa shape index (κ2) is 12.9.